The summed E-state index contributed by atoms with van der Waals surface area (Å²) in [5.41, 5.74) is 2.89. The normalized spacial score (nSPS) is 12.8. The van der Waals surface area contributed by atoms with E-state index in [4.69, 9.17) is 9.83 Å². The molecule has 168 valence electrons. The third-order valence-electron chi connectivity index (χ3n) is 4.92. The molecule has 0 aliphatic carbocycles. The minimum atomic E-state index is -4.78. The zero-order valence-corrected chi connectivity index (χ0v) is 16.7. The van der Waals surface area contributed by atoms with Crippen LogP contribution in [0.1, 0.15) is 17.0 Å². The molecule has 2 aromatic carbocycles. The molecule has 4 rings (SSSR count). The van der Waals surface area contributed by atoms with Crippen molar-refractivity contribution in [2.75, 3.05) is 18.5 Å². The molecule has 4 N–H and O–H groups in total. The molecule has 0 bridgehead atoms. The number of para-hydroxylation sites is 1. The molecule has 0 spiro atoms. The third-order valence-corrected chi connectivity index (χ3v) is 4.92. The molecule has 1 unspecified atom stereocenters. The summed E-state index contributed by atoms with van der Waals surface area (Å²) >= 11 is 0. The van der Waals surface area contributed by atoms with E-state index in [-0.39, 0.29) is 24.6 Å². The smallest absolute Gasteiger partial charge is 0.432 e. The SMILES string of the molecule is N=c1occn1Cc1cccc2[nH]c(NCC(CO)c3cccc(OC(F)(F)F)c3)nc12. The molecule has 4 aromatic rings. The van der Waals surface area contributed by atoms with Crippen LogP contribution in [0.4, 0.5) is 19.1 Å². The molecule has 2 aromatic heterocycles. The van der Waals surface area contributed by atoms with Crippen LogP contribution < -0.4 is 15.7 Å². The number of imidazole rings is 1. The predicted octanol–water partition coefficient (Wildman–Crippen LogP) is 3.57. The van der Waals surface area contributed by atoms with Crippen LogP contribution in [0.15, 0.2) is 59.3 Å². The first-order chi connectivity index (χ1) is 15.3. The molecule has 0 aliphatic rings. The van der Waals surface area contributed by atoms with Crippen molar-refractivity contribution in [1.29, 1.82) is 5.41 Å². The molecular weight excluding hydrogens is 427 g/mol. The highest BCUT2D eigenvalue weighted by molar-refractivity contribution is 5.81. The van der Waals surface area contributed by atoms with Crippen LogP contribution in [-0.4, -0.2) is 39.2 Å². The second kappa shape index (κ2) is 8.79. The topological polar surface area (TPSA) is 112 Å². The average Bonchev–Trinajstić information content (AvgIpc) is 3.34. The number of ether oxygens (including phenoxy) is 1. The molecule has 0 radical (unpaired) electrons. The van der Waals surface area contributed by atoms with Crippen molar-refractivity contribution in [1.82, 2.24) is 14.5 Å². The first-order valence-electron chi connectivity index (χ1n) is 9.69. The summed E-state index contributed by atoms with van der Waals surface area (Å²) in [5.74, 6) is -0.365. The van der Waals surface area contributed by atoms with Crippen molar-refractivity contribution in [3.63, 3.8) is 0 Å². The predicted molar refractivity (Wildman–Crippen MR) is 109 cm³/mol. The number of aromatic amines is 1. The van der Waals surface area contributed by atoms with E-state index in [1.165, 1.54) is 24.5 Å². The van der Waals surface area contributed by atoms with E-state index in [1.807, 2.05) is 18.2 Å². The van der Waals surface area contributed by atoms with Crippen molar-refractivity contribution in [3.05, 3.63) is 71.7 Å². The molecule has 1 atom stereocenters. The molecule has 0 saturated heterocycles. The largest absolute Gasteiger partial charge is 0.573 e. The van der Waals surface area contributed by atoms with Crippen LogP contribution in [0.3, 0.4) is 0 Å². The number of fused-ring (bicyclic) bond motifs is 1. The number of alkyl halides is 3. The Morgan fingerprint density at radius 2 is 2.06 bits per heavy atom. The van der Waals surface area contributed by atoms with Crippen molar-refractivity contribution in [2.24, 2.45) is 0 Å². The number of nitrogens with zero attached hydrogens (tertiary/aromatic N) is 2. The highest BCUT2D eigenvalue weighted by atomic mass is 19.4. The Morgan fingerprint density at radius 3 is 2.78 bits per heavy atom. The van der Waals surface area contributed by atoms with Gasteiger partial charge in [0.25, 0.3) is 5.68 Å². The number of oxazole rings is 1. The first kappa shape index (κ1) is 21.5. The Labute approximate surface area is 179 Å². The van der Waals surface area contributed by atoms with Crippen molar-refractivity contribution >= 4 is 17.0 Å². The van der Waals surface area contributed by atoms with Crippen molar-refractivity contribution in [2.45, 2.75) is 18.8 Å². The Balaban J connectivity index is 1.50. The van der Waals surface area contributed by atoms with Crippen LogP contribution in [-0.2, 0) is 6.54 Å². The fourth-order valence-electron chi connectivity index (χ4n) is 3.39. The van der Waals surface area contributed by atoms with Gasteiger partial charge in [0.1, 0.15) is 12.0 Å². The van der Waals surface area contributed by atoms with Gasteiger partial charge in [-0.2, -0.15) is 0 Å². The van der Waals surface area contributed by atoms with E-state index in [0.717, 1.165) is 11.1 Å². The molecule has 0 amide bonds. The molecular formula is C21H20F3N5O3. The molecule has 0 aliphatic heterocycles. The maximum absolute atomic E-state index is 12.5. The minimum Gasteiger partial charge on any atom is -0.432 e. The summed E-state index contributed by atoms with van der Waals surface area (Å²) in [5, 5.41) is 20.6. The van der Waals surface area contributed by atoms with Crippen LogP contribution >= 0.6 is 0 Å². The summed E-state index contributed by atoms with van der Waals surface area (Å²) in [6, 6.07) is 11.2. The lowest BCUT2D eigenvalue weighted by Crippen LogP contribution is -2.19. The van der Waals surface area contributed by atoms with Gasteiger partial charge in [-0.1, -0.05) is 24.3 Å². The van der Waals surface area contributed by atoms with E-state index in [9.17, 15) is 18.3 Å². The van der Waals surface area contributed by atoms with Crippen LogP contribution in [0.25, 0.3) is 11.0 Å². The number of hydrogen-bond donors (Lipinski definition) is 4. The summed E-state index contributed by atoms with van der Waals surface area (Å²) in [4.78, 5) is 7.71. The van der Waals surface area contributed by atoms with Gasteiger partial charge in [-0.05, 0) is 29.3 Å². The van der Waals surface area contributed by atoms with E-state index < -0.39 is 12.3 Å². The van der Waals surface area contributed by atoms with E-state index >= 15 is 0 Å². The molecule has 8 nitrogen and oxygen atoms in total. The number of aliphatic hydroxyl groups excluding tert-OH is 1. The second-order valence-corrected chi connectivity index (χ2v) is 7.12. The summed E-state index contributed by atoms with van der Waals surface area (Å²) in [6.45, 7) is 0.355. The monoisotopic (exact) mass is 447 g/mol. The van der Waals surface area contributed by atoms with Gasteiger partial charge in [0.05, 0.1) is 24.2 Å². The molecule has 11 heteroatoms. The maximum atomic E-state index is 12.5. The van der Waals surface area contributed by atoms with Gasteiger partial charge in [0.2, 0.25) is 5.95 Å². The fraction of sp³-hybridized carbons (Fsp3) is 0.238. The van der Waals surface area contributed by atoms with E-state index in [0.29, 0.717) is 23.6 Å². The number of halogens is 3. The lowest BCUT2D eigenvalue weighted by molar-refractivity contribution is -0.274. The van der Waals surface area contributed by atoms with E-state index in [1.54, 1.807) is 16.8 Å². The molecule has 0 fully saturated rings. The number of anilines is 1. The Morgan fingerprint density at radius 1 is 1.25 bits per heavy atom. The molecule has 2 heterocycles. The third kappa shape index (κ3) is 4.94. The Bertz CT molecular complexity index is 1260. The summed E-state index contributed by atoms with van der Waals surface area (Å²) in [6.07, 6.45) is -1.69. The van der Waals surface area contributed by atoms with Crippen molar-refractivity contribution in [3.8, 4) is 5.75 Å². The van der Waals surface area contributed by atoms with Crippen LogP contribution in [0.2, 0.25) is 0 Å². The maximum Gasteiger partial charge on any atom is 0.573 e. The highest BCUT2D eigenvalue weighted by Gasteiger charge is 2.31. The van der Waals surface area contributed by atoms with E-state index in [2.05, 4.69) is 20.0 Å². The van der Waals surface area contributed by atoms with Crippen LogP contribution in [0.5, 0.6) is 5.75 Å². The number of aliphatic hydroxyl groups is 1. The van der Waals surface area contributed by atoms with Gasteiger partial charge < -0.3 is 24.6 Å². The lowest BCUT2D eigenvalue weighted by atomic mass is 10.00. The standard InChI is InChI=1S/C21H20F3N5O3/c22-21(23,24)32-16-5-1-3-13(9-16)15(12-30)10-26-20-27-17-6-2-4-14(18(17)28-20)11-29-7-8-31-19(29)25/h1-9,15,25,30H,10-12H2,(H2,26,27,28). The molecule has 32 heavy (non-hydrogen) atoms. The second-order valence-electron chi connectivity index (χ2n) is 7.12. The highest BCUT2D eigenvalue weighted by Crippen LogP contribution is 2.27. The first-order valence-corrected chi connectivity index (χ1v) is 9.69. The van der Waals surface area contributed by atoms with Gasteiger partial charge in [0, 0.05) is 18.7 Å². The number of aromatic nitrogens is 3. The number of H-pyrrole nitrogens is 1. The molecule has 0 saturated carbocycles. The lowest BCUT2D eigenvalue weighted by Gasteiger charge is -2.17. The number of rotatable bonds is 8. The average molecular weight is 447 g/mol. The number of benzene rings is 2. The van der Waals surface area contributed by atoms with Gasteiger partial charge >= 0.3 is 6.36 Å². The van der Waals surface area contributed by atoms with Crippen molar-refractivity contribution < 1.29 is 27.4 Å². The summed E-state index contributed by atoms with van der Waals surface area (Å²) < 4.78 is 48.1. The fourth-order valence-corrected chi connectivity index (χ4v) is 3.39. The number of hydrogen-bond acceptors (Lipinski definition) is 6. The van der Waals surface area contributed by atoms with Gasteiger partial charge in [-0.25, -0.2) is 4.98 Å². The number of nitrogens with one attached hydrogen (secondary N) is 3. The van der Waals surface area contributed by atoms with Gasteiger partial charge in [0.15, 0.2) is 0 Å². The Hall–Kier alpha value is -3.73. The zero-order chi connectivity index (χ0) is 22.7. The van der Waals surface area contributed by atoms with Gasteiger partial charge in [-0.3, -0.25) is 9.98 Å². The quantitative estimate of drug-likeness (QED) is 0.330. The minimum absolute atomic E-state index is 0.0263. The summed E-state index contributed by atoms with van der Waals surface area (Å²) in [7, 11) is 0. The van der Waals surface area contributed by atoms with Gasteiger partial charge in [-0.15, -0.1) is 13.2 Å². The van der Waals surface area contributed by atoms with Crippen LogP contribution in [0, 0.1) is 5.41 Å². The Kier molecular flexibility index (Phi) is 5.91. The zero-order valence-electron chi connectivity index (χ0n) is 16.7.